The molecule has 0 spiro atoms. The van der Waals surface area contributed by atoms with E-state index in [1.165, 1.54) is 4.90 Å². The van der Waals surface area contributed by atoms with Gasteiger partial charge in [-0.2, -0.15) is 0 Å². The van der Waals surface area contributed by atoms with E-state index in [1.54, 1.807) is 19.4 Å². The standard InChI is InChI=1S/C18H24ClN3O2S/c1-13(16-6-5-11-24-16)22(10-9-21(2)3)18(25)20-14-7-8-17(23-4)15(19)12-14/h5-8,11-13H,9-10H2,1-4H3,(H,20,25)/p+1. The quantitative estimate of drug-likeness (QED) is 0.721. The number of furan rings is 1. The number of thiocarbonyl (C=S) groups is 1. The van der Waals surface area contributed by atoms with Gasteiger partial charge in [-0.05, 0) is 49.5 Å². The lowest BCUT2D eigenvalue weighted by Gasteiger charge is -2.31. The molecule has 0 radical (unpaired) electrons. The zero-order valence-corrected chi connectivity index (χ0v) is 16.6. The van der Waals surface area contributed by atoms with Crippen molar-refractivity contribution in [1.82, 2.24) is 4.90 Å². The smallest absolute Gasteiger partial charge is 0.174 e. The monoisotopic (exact) mass is 382 g/mol. The van der Waals surface area contributed by atoms with Crippen molar-refractivity contribution in [1.29, 1.82) is 0 Å². The fourth-order valence-corrected chi connectivity index (χ4v) is 3.06. The van der Waals surface area contributed by atoms with Crippen molar-refractivity contribution in [2.75, 3.05) is 39.6 Å². The topological polar surface area (TPSA) is 42.1 Å². The summed E-state index contributed by atoms with van der Waals surface area (Å²) in [6.07, 6.45) is 1.68. The van der Waals surface area contributed by atoms with E-state index in [0.29, 0.717) is 15.9 Å². The number of nitrogens with one attached hydrogen (secondary N) is 2. The molecule has 25 heavy (non-hydrogen) atoms. The summed E-state index contributed by atoms with van der Waals surface area (Å²) in [5.41, 5.74) is 0.824. The number of likely N-dealkylation sites (N-methyl/N-ethyl adjacent to an activating group) is 1. The van der Waals surface area contributed by atoms with Gasteiger partial charge in [-0.25, -0.2) is 0 Å². The van der Waals surface area contributed by atoms with Gasteiger partial charge in [0.1, 0.15) is 11.5 Å². The molecule has 0 bridgehead atoms. The Balaban J connectivity index is 2.15. The Morgan fingerprint density at radius 3 is 2.72 bits per heavy atom. The van der Waals surface area contributed by atoms with Crippen LogP contribution in [0.5, 0.6) is 5.75 Å². The van der Waals surface area contributed by atoms with Crippen LogP contribution in [0.4, 0.5) is 5.69 Å². The molecule has 1 heterocycles. The predicted molar refractivity (Wildman–Crippen MR) is 106 cm³/mol. The molecule has 2 rings (SSSR count). The number of hydrogen-bond donors (Lipinski definition) is 2. The normalized spacial score (nSPS) is 12.1. The number of benzene rings is 1. The third kappa shape index (κ3) is 5.36. The van der Waals surface area contributed by atoms with Crippen LogP contribution in [-0.2, 0) is 0 Å². The minimum absolute atomic E-state index is 0.0306. The molecular formula is C18H25ClN3O2S+. The largest absolute Gasteiger partial charge is 0.495 e. The molecule has 0 aliphatic heterocycles. The number of ether oxygens (including phenoxy) is 1. The van der Waals surface area contributed by atoms with Crippen LogP contribution in [0.15, 0.2) is 41.0 Å². The van der Waals surface area contributed by atoms with Crippen molar-refractivity contribution >= 4 is 34.6 Å². The molecule has 5 nitrogen and oxygen atoms in total. The summed E-state index contributed by atoms with van der Waals surface area (Å²) in [5, 5.41) is 4.44. The third-order valence-electron chi connectivity index (χ3n) is 3.94. The number of methoxy groups -OCH3 is 1. The molecule has 0 aliphatic rings. The SMILES string of the molecule is COc1ccc(NC(=S)N(CC[NH+](C)C)C(C)c2ccco2)cc1Cl. The lowest BCUT2D eigenvalue weighted by molar-refractivity contribution is -0.857. The van der Waals surface area contributed by atoms with Gasteiger partial charge in [-0.15, -0.1) is 0 Å². The van der Waals surface area contributed by atoms with E-state index >= 15 is 0 Å². The van der Waals surface area contributed by atoms with E-state index < -0.39 is 0 Å². The van der Waals surface area contributed by atoms with E-state index in [-0.39, 0.29) is 6.04 Å². The fraction of sp³-hybridized carbons (Fsp3) is 0.389. The van der Waals surface area contributed by atoms with Crippen LogP contribution < -0.4 is 15.0 Å². The molecule has 1 aromatic carbocycles. The summed E-state index contributed by atoms with van der Waals surface area (Å²) in [4.78, 5) is 3.48. The maximum Gasteiger partial charge on any atom is 0.174 e. The summed E-state index contributed by atoms with van der Waals surface area (Å²) in [6.45, 7) is 3.84. The van der Waals surface area contributed by atoms with Crippen LogP contribution in [-0.4, -0.2) is 44.3 Å². The first-order valence-electron chi connectivity index (χ1n) is 8.16. The molecule has 1 atom stereocenters. The highest BCUT2D eigenvalue weighted by Gasteiger charge is 2.22. The summed E-state index contributed by atoms with van der Waals surface area (Å²) in [7, 11) is 5.83. The average Bonchev–Trinajstić information content (AvgIpc) is 3.09. The Morgan fingerprint density at radius 2 is 2.16 bits per heavy atom. The van der Waals surface area contributed by atoms with Gasteiger partial charge in [-0.1, -0.05) is 11.6 Å². The lowest BCUT2D eigenvalue weighted by Crippen LogP contribution is -3.06. The van der Waals surface area contributed by atoms with Crippen LogP contribution in [0.1, 0.15) is 18.7 Å². The molecule has 0 saturated carbocycles. The number of rotatable bonds is 7. The van der Waals surface area contributed by atoms with E-state index in [2.05, 4.69) is 31.2 Å². The van der Waals surface area contributed by atoms with Crippen LogP contribution >= 0.6 is 23.8 Å². The van der Waals surface area contributed by atoms with Crippen molar-refractivity contribution in [3.05, 3.63) is 47.4 Å². The molecule has 0 amide bonds. The fourth-order valence-electron chi connectivity index (χ4n) is 2.44. The minimum atomic E-state index is 0.0306. The molecule has 2 aromatic rings. The van der Waals surface area contributed by atoms with Crippen molar-refractivity contribution in [2.24, 2.45) is 0 Å². The molecule has 1 aromatic heterocycles. The van der Waals surface area contributed by atoms with E-state index in [4.69, 9.17) is 33.0 Å². The van der Waals surface area contributed by atoms with Gasteiger partial charge < -0.3 is 24.3 Å². The van der Waals surface area contributed by atoms with Crippen molar-refractivity contribution in [3.8, 4) is 5.75 Å². The molecule has 7 heteroatoms. The number of nitrogens with zero attached hydrogens (tertiary/aromatic N) is 1. The van der Waals surface area contributed by atoms with Crippen LogP contribution in [0.25, 0.3) is 0 Å². The molecule has 1 unspecified atom stereocenters. The van der Waals surface area contributed by atoms with Gasteiger partial charge in [0, 0.05) is 5.69 Å². The highest BCUT2D eigenvalue weighted by Crippen LogP contribution is 2.28. The second-order valence-electron chi connectivity index (χ2n) is 6.12. The van der Waals surface area contributed by atoms with Crippen LogP contribution in [0.3, 0.4) is 0 Å². The molecule has 0 saturated heterocycles. The van der Waals surface area contributed by atoms with Crippen LogP contribution in [0.2, 0.25) is 5.02 Å². The zero-order valence-electron chi connectivity index (χ0n) is 15.0. The Labute approximate surface area is 159 Å². The predicted octanol–water partition coefficient (Wildman–Crippen LogP) is 2.85. The summed E-state index contributed by atoms with van der Waals surface area (Å²) in [6, 6.07) is 9.40. The number of quaternary nitrogens is 1. The summed E-state index contributed by atoms with van der Waals surface area (Å²) >= 11 is 11.9. The van der Waals surface area contributed by atoms with Gasteiger partial charge >= 0.3 is 0 Å². The van der Waals surface area contributed by atoms with Gasteiger partial charge in [0.15, 0.2) is 5.11 Å². The van der Waals surface area contributed by atoms with Gasteiger partial charge in [0.2, 0.25) is 0 Å². The molecule has 0 fully saturated rings. The zero-order chi connectivity index (χ0) is 18.4. The van der Waals surface area contributed by atoms with Gasteiger partial charge in [0.25, 0.3) is 0 Å². The Kier molecular flexibility index (Phi) is 7.11. The highest BCUT2D eigenvalue weighted by atomic mass is 35.5. The molecular weight excluding hydrogens is 358 g/mol. The highest BCUT2D eigenvalue weighted by molar-refractivity contribution is 7.80. The summed E-state index contributed by atoms with van der Waals surface area (Å²) < 4.78 is 10.7. The summed E-state index contributed by atoms with van der Waals surface area (Å²) in [5.74, 6) is 1.51. The molecule has 136 valence electrons. The second kappa shape index (κ2) is 9.08. The van der Waals surface area contributed by atoms with Crippen LogP contribution in [0, 0.1) is 0 Å². The molecule has 2 N–H and O–H groups in total. The minimum Gasteiger partial charge on any atom is -0.495 e. The first-order valence-corrected chi connectivity index (χ1v) is 8.94. The Hall–Kier alpha value is -1.76. The van der Waals surface area contributed by atoms with E-state index in [1.807, 2.05) is 24.3 Å². The second-order valence-corrected chi connectivity index (χ2v) is 6.92. The first kappa shape index (κ1) is 19.6. The van der Waals surface area contributed by atoms with E-state index in [0.717, 1.165) is 24.5 Å². The first-order chi connectivity index (χ1) is 11.9. The van der Waals surface area contributed by atoms with Crippen molar-refractivity contribution in [2.45, 2.75) is 13.0 Å². The van der Waals surface area contributed by atoms with E-state index in [9.17, 15) is 0 Å². The lowest BCUT2D eigenvalue weighted by atomic mass is 10.2. The van der Waals surface area contributed by atoms with Crippen molar-refractivity contribution in [3.63, 3.8) is 0 Å². The number of hydrogen-bond acceptors (Lipinski definition) is 3. The Bertz CT molecular complexity index is 692. The molecule has 0 aliphatic carbocycles. The average molecular weight is 383 g/mol. The maximum absolute atomic E-state index is 6.20. The van der Waals surface area contributed by atoms with Crippen molar-refractivity contribution < 1.29 is 14.1 Å². The Morgan fingerprint density at radius 1 is 1.40 bits per heavy atom. The maximum atomic E-state index is 6.20. The van der Waals surface area contributed by atoms with Gasteiger partial charge in [0.05, 0.1) is 51.6 Å². The van der Waals surface area contributed by atoms with Gasteiger partial charge in [-0.3, -0.25) is 0 Å². The number of anilines is 1. The number of halogens is 1. The third-order valence-corrected chi connectivity index (χ3v) is 4.57.